The maximum atomic E-state index is 12.2. The number of nitrogens with zero attached hydrogens (tertiary/aromatic N) is 1. The lowest BCUT2D eigenvalue weighted by Gasteiger charge is -2.32. The van der Waals surface area contributed by atoms with Gasteiger partial charge in [-0.25, -0.2) is 0 Å². The average molecular weight is 319 g/mol. The second kappa shape index (κ2) is 7.04. The zero-order valence-electron chi connectivity index (χ0n) is 12.8. The zero-order chi connectivity index (χ0) is 17.0. The quantitative estimate of drug-likeness (QED) is 0.366. The number of nitro groups is 1. The Hall–Kier alpha value is -2.70. The lowest BCUT2D eigenvalue weighted by Crippen LogP contribution is -2.38. The second-order valence-electron chi connectivity index (χ2n) is 5.24. The van der Waals surface area contributed by atoms with Gasteiger partial charge in [-0.1, -0.05) is 18.2 Å². The van der Waals surface area contributed by atoms with Crippen LogP contribution in [0.1, 0.15) is 24.8 Å². The smallest absolute Gasteiger partial charge is 0.313 e. The summed E-state index contributed by atoms with van der Waals surface area (Å²) in [5, 5.41) is 10.7. The number of esters is 2. The Morgan fingerprint density at radius 1 is 1.26 bits per heavy atom. The van der Waals surface area contributed by atoms with Crippen LogP contribution in [-0.2, 0) is 19.1 Å². The van der Waals surface area contributed by atoms with E-state index >= 15 is 0 Å². The molecule has 1 aromatic carbocycles. The van der Waals surface area contributed by atoms with Gasteiger partial charge in [0.1, 0.15) is 12.0 Å². The molecule has 1 aromatic rings. The molecular weight excluding hydrogens is 302 g/mol. The molecule has 0 fully saturated rings. The number of nitro benzene ring substituents is 1. The number of non-ortho nitro benzene ring substituents is 1. The van der Waals surface area contributed by atoms with E-state index < -0.39 is 28.9 Å². The molecule has 0 N–H and O–H groups in total. The number of carbonyl (C=O) groups excluding carboxylic acids is 2. The van der Waals surface area contributed by atoms with Crippen molar-refractivity contribution in [2.75, 3.05) is 7.11 Å². The molecule has 7 nitrogen and oxygen atoms in total. The first kappa shape index (κ1) is 16.7. The van der Waals surface area contributed by atoms with Gasteiger partial charge < -0.3 is 9.47 Å². The average Bonchev–Trinajstić information content (AvgIpc) is 2.53. The predicted octanol–water partition coefficient (Wildman–Crippen LogP) is 2.36. The van der Waals surface area contributed by atoms with Crippen molar-refractivity contribution in [1.29, 1.82) is 0 Å². The van der Waals surface area contributed by atoms with E-state index in [1.165, 1.54) is 26.2 Å². The number of rotatable bonds is 4. The summed E-state index contributed by atoms with van der Waals surface area (Å²) >= 11 is 0. The summed E-state index contributed by atoms with van der Waals surface area (Å²) < 4.78 is 10.0. The second-order valence-corrected chi connectivity index (χ2v) is 5.24. The highest BCUT2D eigenvalue weighted by molar-refractivity contribution is 5.76. The molecule has 23 heavy (non-hydrogen) atoms. The molecule has 0 saturated carbocycles. The van der Waals surface area contributed by atoms with Gasteiger partial charge in [0.2, 0.25) is 0 Å². The van der Waals surface area contributed by atoms with Gasteiger partial charge in [-0.15, -0.1) is 0 Å². The number of hydrogen-bond donors (Lipinski definition) is 0. The standard InChI is InChI=1S/C16H17NO6/c1-10(18)23-14-5-3-4-13(15(14)16(19)22-2)11-6-8-12(9-7-11)17(20)21/h3,5-9,13-15H,4H2,1-2H3/t13-,14+,15-/m0/s1. The van der Waals surface area contributed by atoms with E-state index in [4.69, 9.17) is 9.47 Å². The molecule has 1 aliphatic carbocycles. The largest absolute Gasteiger partial charge is 0.469 e. The fraction of sp³-hybridized carbons (Fsp3) is 0.375. The van der Waals surface area contributed by atoms with Crippen molar-refractivity contribution in [3.63, 3.8) is 0 Å². The van der Waals surface area contributed by atoms with Gasteiger partial charge in [0.05, 0.1) is 12.0 Å². The highest BCUT2D eigenvalue weighted by Crippen LogP contribution is 2.37. The molecule has 0 radical (unpaired) electrons. The minimum atomic E-state index is -0.714. The Kier molecular flexibility index (Phi) is 5.10. The van der Waals surface area contributed by atoms with Gasteiger partial charge in [0.25, 0.3) is 5.69 Å². The topological polar surface area (TPSA) is 95.7 Å². The van der Waals surface area contributed by atoms with Crippen molar-refractivity contribution in [2.24, 2.45) is 5.92 Å². The maximum absolute atomic E-state index is 12.2. The van der Waals surface area contributed by atoms with E-state index in [1.54, 1.807) is 18.2 Å². The van der Waals surface area contributed by atoms with Crippen LogP contribution in [0, 0.1) is 16.0 Å². The van der Waals surface area contributed by atoms with Crippen molar-refractivity contribution >= 4 is 17.6 Å². The van der Waals surface area contributed by atoms with Crippen molar-refractivity contribution in [2.45, 2.75) is 25.4 Å². The first-order chi connectivity index (χ1) is 10.9. The number of hydrogen-bond acceptors (Lipinski definition) is 6. The summed E-state index contributed by atoms with van der Waals surface area (Å²) in [5.41, 5.74) is 0.735. The Balaban J connectivity index is 2.34. The van der Waals surface area contributed by atoms with Crippen LogP contribution in [-0.4, -0.2) is 30.1 Å². The molecule has 2 rings (SSSR count). The lowest BCUT2D eigenvalue weighted by molar-refractivity contribution is -0.384. The summed E-state index contributed by atoms with van der Waals surface area (Å²) in [6, 6.07) is 6.01. The SMILES string of the molecule is COC(=O)[C@@H]1[C@H](OC(C)=O)C=CC[C@H]1c1ccc([N+](=O)[O-])cc1. The molecule has 0 aliphatic heterocycles. The highest BCUT2D eigenvalue weighted by Gasteiger charge is 2.39. The van der Waals surface area contributed by atoms with E-state index in [0.29, 0.717) is 6.42 Å². The molecule has 1 aliphatic rings. The fourth-order valence-corrected chi connectivity index (χ4v) is 2.78. The van der Waals surface area contributed by atoms with Crippen LogP contribution in [0.15, 0.2) is 36.4 Å². The minimum Gasteiger partial charge on any atom is -0.469 e. The van der Waals surface area contributed by atoms with Crippen LogP contribution in [0.25, 0.3) is 0 Å². The van der Waals surface area contributed by atoms with Crippen molar-refractivity contribution < 1.29 is 24.0 Å². The van der Waals surface area contributed by atoms with E-state index in [0.717, 1.165) is 5.56 Å². The molecule has 7 heteroatoms. The van der Waals surface area contributed by atoms with Crippen LogP contribution in [0.2, 0.25) is 0 Å². The van der Waals surface area contributed by atoms with Crippen LogP contribution >= 0.6 is 0 Å². The Morgan fingerprint density at radius 2 is 1.91 bits per heavy atom. The summed E-state index contributed by atoms with van der Waals surface area (Å²) in [7, 11) is 1.28. The van der Waals surface area contributed by atoms with Gasteiger partial charge in [-0.2, -0.15) is 0 Å². The molecular formula is C16H17NO6. The van der Waals surface area contributed by atoms with Gasteiger partial charge in [0.15, 0.2) is 0 Å². The molecule has 3 atom stereocenters. The highest BCUT2D eigenvalue weighted by atomic mass is 16.6. The van der Waals surface area contributed by atoms with Crippen LogP contribution in [0.4, 0.5) is 5.69 Å². The van der Waals surface area contributed by atoms with Crippen LogP contribution in [0.5, 0.6) is 0 Å². The molecule has 0 heterocycles. The number of methoxy groups -OCH3 is 1. The first-order valence-corrected chi connectivity index (χ1v) is 7.10. The normalized spacial score (nSPS) is 23.1. The summed E-state index contributed by atoms with van der Waals surface area (Å²) in [5.74, 6) is -1.94. The van der Waals surface area contributed by atoms with Crippen molar-refractivity contribution in [3.05, 3.63) is 52.1 Å². The number of carbonyl (C=O) groups is 2. The summed E-state index contributed by atoms with van der Waals surface area (Å²) in [4.78, 5) is 33.7. The lowest BCUT2D eigenvalue weighted by atomic mass is 9.77. The minimum absolute atomic E-state index is 0.0220. The van der Waals surface area contributed by atoms with Gasteiger partial charge in [0, 0.05) is 25.0 Å². The first-order valence-electron chi connectivity index (χ1n) is 7.10. The molecule has 122 valence electrons. The third kappa shape index (κ3) is 3.74. The third-order valence-electron chi connectivity index (χ3n) is 3.81. The maximum Gasteiger partial charge on any atom is 0.313 e. The molecule has 0 aromatic heterocycles. The van der Waals surface area contributed by atoms with Crippen LogP contribution in [0.3, 0.4) is 0 Å². The van der Waals surface area contributed by atoms with E-state index in [2.05, 4.69) is 0 Å². The van der Waals surface area contributed by atoms with E-state index in [1.807, 2.05) is 6.08 Å². The zero-order valence-corrected chi connectivity index (χ0v) is 12.8. The predicted molar refractivity (Wildman–Crippen MR) is 80.7 cm³/mol. The van der Waals surface area contributed by atoms with Gasteiger partial charge >= 0.3 is 11.9 Å². The van der Waals surface area contributed by atoms with Gasteiger partial charge in [-0.05, 0) is 18.1 Å². The summed E-state index contributed by atoms with van der Waals surface area (Å²) in [6.07, 6.45) is 3.34. The number of ether oxygens (including phenoxy) is 2. The van der Waals surface area contributed by atoms with Crippen molar-refractivity contribution in [1.82, 2.24) is 0 Å². The van der Waals surface area contributed by atoms with E-state index in [9.17, 15) is 19.7 Å². The molecule has 0 amide bonds. The van der Waals surface area contributed by atoms with Gasteiger partial charge in [-0.3, -0.25) is 19.7 Å². The van der Waals surface area contributed by atoms with Crippen LogP contribution < -0.4 is 0 Å². The Labute approximate surface area is 133 Å². The molecule has 0 saturated heterocycles. The summed E-state index contributed by atoms with van der Waals surface area (Å²) in [6.45, 7) is 1.28. The molecule has 0 bridgehead atoms. The monoisotopic (exact) mass is 319 g/mol. The Bertz CT molecular complexity index is 636. The fourth-order valence-electron chi connectivity index (χ4n) is 2.78. The van der Waals surface area contributed by atoms with E-state index in [-0.39, 0.29) is 11.6 Å². The molecule has 0 spiro atoms. The number of benzene rings is 1. The van der Waals surface area contributed by atoms with Crippen molar-refractivity contribution in [3.8, 4) is 0 Å². The third-order valence-corrected chi connectivity index (χ3v) is 3.81. The molecule has 0 unspecified atom stereocenters. The Morgan fingerprint density at radius 3 is 2.43 bits per heavy atom. The number of allylic oxidation sites excluding steroid dienone is 1.